The van der Waals surface area contributed by atoms with Crippen LogP contribution in [0.25, 0.3) is 0 Å². The molecule has 3 aliphatic carbocycles. The van der Waals surface area contributed by atoms with Gasteiger partial charge in [0.25, 0.3) is 0 Å². The SMILES string of the molecule is CC(=O)O[C@H]1C[C@]2(O)[C@@H](OC(C)=O)[C@@H]3[C@@]4(CO4)[C@@H](OC(C)=O)C[C@H](OC(C)=O)[C@@]3(C)[C@@H](OC(C)=O)[C@H](OC(C)=O)C(=C1C)C2(C)C. The van der Waals surface area contributed by atoms with E-state index < -0.39 is 100 Å². The number of aliphatic hydroxyl groups is 1. The van der Waals surface area contributed by atoms with E-state index in [9.17, 15) is 33.9 Å². The van der Waals surface area contributed by atoms with Crippen LogP contribution in [0, 0.1) is 16.7 Å². The summed E-state index contributed by atoms with van der Waals surface area (Å²) in [6.07, 6.45) is -8.16. The first kappa shape index (κ1) is 35.3. The van der Waals surface area contributed by atoms with Crippen LogP contribution in [0.4, 0.5) is 0 Å². The summed E-state index contributed by atoms with van der Waals surface area (Å²) in [7, 11) is 0. The van der Waals surface area contributed by atoms with Gasteiger partial charge in [0, 0.05) is 65.7 Å². The van der Waals surface area contributed by atoms with Gasteiger partial charge in [-0.3, -0.25) is 28.8 Å². The molecule has 1 aliphatic heterocycles. The summed E-state index contributed by atoms with van der Waals surface area (Å²) >= 11 is 0. The van der Waals surface area contributed by atoms with Crippen molar-refractivity contribution in [1.29, 1.82) is 0 Å². The fourth-order valence-electron chi connectivity index (χ4n) is 8.43. The first-order valence-electron chi connectivity index (χ1n) is 15.2. The van der Waals surface area contributed by atoms with Gasteiger partial charge in [0.15, 0.2) is 12.2 Å². The average molecular weight is 653 g/mol. The van der Waals surface area contributed by atoms with Crippen LogP contribution in [0.3, 0.4) is 0 Å². The maximum Gasteiger partial charge on any atom is 0.303 e. The van der Waals surface area contributed by atoms with Gasteiger partial charge >= 0.3 is 35.8 Å². The highest BCUT2D eigenvalue weighted by molar-refractivity contribution is 5.70. The Morgan fingerprint density at radius 2 is 1.15 bits per heavy atom. The molecule has 0 amide bonds. The maximum atomic E-state index is 13.1. The highest BCUT2D eigenvalue weighted by Gasteiger charge is 2.80. The molecule has 0 radical (unpaired) electrons. The molecule has 46 heavy (non-hydrogen) atoms. The van der Waals surface area contributed by atoms with E-state index in [0.717, 1.165) is 13.8 Å². The summed E-state index contributed by atoms with van der Waals surface area (Å²) in [6.45, 7) is 13.6. The van der Waals surface area contributed by atoms with Gasteiger partial charge in [-0.2, -0.15) is 0 Å². The number of epoxide rings is 1. The molecule has 2 saturated carbocycles. The molecule has 256 valence electrons. The molecule has 1 spiro atoms. The fourth-order valence-corrected chi connectivity index (χ4v) is 8.43. The van der Waals surface area contributed by atoms with Crippen molar-refractivity contribution in [2.24, 2.45) is 16.7 Å². The van der Waals surface area contributed by atoms with E-state index in [0.29, 0.717) is 5.57 Å². The van der Waals surface area contributed by atoms with E-state index >= 15 is 0 Å². The molecule has 14 heteroatoms. The van der Waals surface area contributed by atoms with Crippen molar-refractivity contribution in [1.82, 2.24) is 0 Å². The molecule has 10 atom stereocenters. The molecule has 0 aromatic carbocycles. The summed E-state index contributed by atoms with van der Waals surface area (Å²) in [5.41, 5.74) is -5.89. The lowest BCUT2D eigenvalue weighted by Gasteiger charge is -2.64. The Labute approximate surface area is 267 Å². The normalized spacial score (nSPS) is 39.1. The van der Waals surface area contributed by atoms with Gasteiger partial charge in [0.1, 0.15) is 35.6 Å². The van der Waals surface area contributed by atoms with E-state index in [1.54, 1.807) is 27.7 Å². The van der Waals surface area contributed by atoms with Crippen molar-refractivity contribution in [3.05, 3.63) is 11.1 Å². The van der Waals surface area contributed by atoms with Gasteiger partial charge in [0.05, 0.1) is 12.0 Å². The molecule has 4 aliphatic rings. The predicted octanol–water partition coefficient (Wildman–Crippen LogP) is 1.86. The molecule has 14 nitrogen and oxygen atoms in total. The summed E-state index contributed by atoms with van der Waals surface area (Å²) < 4.78 is 41.5. The minimum absolute atomic E-state index is 0.0353. The van der Waals surface area contributed by atoms with Crippen molar-refractivity contribution >= 4 is 35.8 Å². The molecular weight excluding hydrogens is 608 g/mol. The fraction of sp³-hybridized carbons (Fsp3) is 0.750. The Hall–Kier alpha value is -3.52. The van der Waals surface area contributed by atoms with Gasteiger partial charge in [0.2, 0.25) is 0 Å². The molecule has 1 N–H and O–H groups in total. The highest BCUT2D eigenvalue weighted by Crippen LogP contribution is 2.67. The lowest BCUT2D eigenvalue weighted by atomic mass is 9.45. The van der Waals surface area contributed by atoms with Gasteiger partial charge < -0.3 is 38.3 Å². The number of ether oxygens (including phenoxy) is 7. The Bertz CT molecular complexity index is 1360. The highest BCUT2D eigenvalue weighted by atomic mass is 16.6. The van der Waals surface area contributed by atoms with Gasteiger partial charge in [-0.1, -0.05) is 20.8 Å². The molecular formula is C32H44O14. The second-order valence-electron chi connectivity index (χ2n) is 13.6. The molecule has 1 heterocycles. The molecule has 2 bridgehead atoms. The number of fused-ring (bicyclic) bond motifs is 4. The van der Waals surface area contributed by atoms with Crippen LogP contribution in [-0.2, 0) is 61.9 Å². The summed E-state index contributed by atoms with van der Waals surface area (Å²) in [5, 5.41) is 13.1. The van der Waals surface area contributed by atoms with Crippen molar-refractivity contribution < 1.29 is 67.0 Å². The van der Waals surface area contributed by atoms with Crippen LogP contribution in [0.2, 0.25) is 0 Å². The van der Waals surface area contributed by atoms with E-state index in [-0.39, 0.29) is 25.0 Å². The third kappa shape index (κ3) is 5.67. The summed E-state index contributed by atoms with van der Waals surface area (Å²) in [4.78, 5) is 76.1. The number of hydrogen-bond acceptors (Lipinski definition) is 14. The van der Waals surface area contributed by atoms with Crippen LogP contribution >= 0.6 is 0 Å². The second kappa shape index (κ2) is 11.9. The van der Waals surface area contributed by atoms with E-state index in [2.05, 4.69) is 0 Å². The van der Waals surface area contributed by atoms with Gasteiger partial charge in [-0.25, -0.2) is 0 Å². The lowest BCUT2D eigenvalue weighted by Crippen LogP contribution is -2.76. The average Bonchev–Trinajstić information content (AvgIpc) is 3.67. The number of hydrogen-bond donors (Lipinski definition) is 1. The smallest absolute Gasteiger partial charge is 0.303 e. The van der Waals surface area contributed by atoms with Crippen LogP contribution in [-0.4, -0.2) is 95.4 Å². The number of rotatable bonds is 6. The molecule has 0 aromatic rings. The number of carbonyl (C=O) groups is 6. The molecule has 1 saturated heterocycles. The van der Waals surface area contributed by atoms with Gasteiger partial charge in [-0.15, -0.1) is 0 Å². The topological polar surface area (TPSA) is 191 Å². The molecule has 4 rings (SSSR count). The van der Waals surface area contributed by atoms with Crippen molar-refractivity contribution in [2.75, 3.05) is 6.61 Å². The standard InChI is InChI=1S/C32H44O14/c1-14-21(41-15(2)33)12-32(39)28(46-20(7)38)26-30(10,22(42-16(3)34)11-23(43-17(4)35)31(26)13-40-31)27(45-19(6)37)25(44-18(5)36)24(14)29(32,8)9/h21-23,25-28,39H,11-13H2,1-10H3/t21-,22-,23-,25+,26-,27-,28-,30+,31+,32-/m0/s1. The van der Waals surface area contributed by atoms with Crippen molar-refractivity contribution in [2.45, 2.75) is 130 Å². The zero-order chi connectivity index (χ0) is 34.7. The third-order valence-corrected chi connectivity index (χ3v) is 10.3. The van der Waals surface area contributed by atoms with Gasteiger partial charge in [-0.05, 0) is 18.1 Å². The summed E-state index contributed by atoms with van der Waals surface area (Å²) in [5.74, 6) is -5.60. The molecule has 3 fully saturated rings. The van der Waals surface area contributed by atoms with Crippen LogP contribution in [0.5, 0.6) is 0 Å². The zero-order valence-electron chi connectivity index (χ0n) is 27.9. The van der Waals surface area contributed by atoms with E-state index in [1.165, 1.54) is 27.7 Å². The Kier molecular flexibility index (Phi) is 9.16. The molecule has 0 unspecified atom stereocenters. The lowest BCUT2D eigenvalue weighted by molar-refractivity contribution is -0.284. The second-order valence-corrected chi connectivity index (χ2v) is 13.6. The maximum absolute atomic E-state index is 13.1. The Morgan fingerprint density at radius 3 is 1.61 bits per heavy atom. The molecule has 0 aromatic heterocycles. The minimum atomic E-state index is -2.09. The Morgan fingerprint density at radius 1 is 0.696 bits per heavy atom. The largest absolute Gasteiger partial charge is 0.462 e. The first-order valence-corrected chi connectivity index (χ1v) is 15.2. The van der Waals surface area contributed by atoms with E-state index in [1.807, 2.05) is 0 Å². The number of carbonyl (C=O) groups excluding carboxylic acids is 6. The number of esters is 6. The zero-order valence-corrected chi connectivity index (χ0v) is 27.9. The predicted molar refractivity (Wildman–Crippen MR) is 154 cm³/mol. The monoisotopic (exact) mass is 652 g/mol. The van der Waals surface area contributed by atoms with Crippen molar-refractivity contribution in [3.63, 3.8) is 0 Å². The van der Waals surface area contributed by atoms with Crippen LogP contribution < -0.4 is 0 Å². The third-order valence-electron chi connectivity index (χ3n) is 10.3. The van der Waals surface area contributed by atoms with Crippen molar-refractivity contribution in [3.8, 4) is 0 Å². The first-order chi connectivity index (χ1) is 21.1. The quantitative estimate of drug-likeness (QED) is 0.189. The van der Waals surface area contributed by atoms with Crippen LogP contribution in [0.15, 0.2) is 11.1 Å². The summed E-state index contributed by atoms with van der Waals surface area (Å²) in [6, 6.07) is 0. The van der Waals surface area contributed by atoms with Crippen LogP contribution in [0.1, 0.15) is 82.1 Å². The minimum Gasteiger partial charge on any atom is -0.462 e. The van der Waals surface area contributed by atoms with E-state index in [4.69, 9.17) is 33.2 Å². The Balaban J connectivity index is 2.20.